The summed E-state index contributed by atoms with van der Waals surface area (Å²) >= 11 is 2.04. The van der Waals surface area contributed by atoms with E-state index in [0.717, 1.165) is 0 Å². The molecule has 0 fully saturated rings. The van der Waals surface area contributed by atoms with Gasteiger partial charge in [0.2, 0.25) is 0 Å². The van der Waals surface area contributed by atoms with Crippen LogP contribution in [-0.2, 0) is 19.2 Å². The number of ketones is 2. The Balaban J connectivity index is 1.99. The molecule has 10 heteroatoms. The van der Waals surface area contributed by atoms with Crippen molar-refractivity contribution in [1.29, 1.82) is 0 Å². The number of allylic oxidation sites excluding steroid dienone is 4. The van der Waals surface area contributed by atoms with Crippen LogP contribution in [0.4, 0.5) is 0 Å². The standard InChI is InChI=1S/C29H34INO8/c1-6-38-21-8-15(7-16(30)27(21)39-14-23(36)37)24-25-17(9-28(2,3)11-19(25)32)31(13-22(34)35)18-10-29(4,5)12-20(33)26(18)24/h7-8,24H,6,9-14H2,1-5H3,(H,34,35)(H,36,37). The first kappa shape index (κ1) is 29.1. The second-order valence-electron chi connectivity index (χ2n) is 12.0. The Labute approximate surface area is 241 Å². The number of carbonyl (C=O) groups is 4. The number of ether oxygens (including phenoxy) is 2. The van der Waals surface area contributed by atoms with Crippen molar-refractivity contribution in [3.8, 4) is 11.5 Å². The average Bonchev–Trinajstić information content (AvgIpc) is 2.77. The number of carbonyl (C=O) groups excluding carboxylic acids is 2. The number of rotatable bonds is 8. The molecular formula is C29H34INO8. The van der Waals surface area contributed by atoms with Gasteiger partial charge in [-0.15, -0.1) is 0 Å². The maximum Gasteiger partial charge on any atom is 0.341 e. The summed E-state index contributed by atoms with van der Waals surface area (Å²) in [6.07, 6.45) is 1.55. The molecule has 1 heterocycles. The monoisotopic (exact) mass is 651 g/mol. The fourth-order valence-electron chi connectivity index (χ4n) is 6.00. The fourth-order valence-corrected chi connectivity index (χ4v) is 6.78. The first-order valence-corrected chi connectivity index (χ1v) is 14.0. The third-order valence-electron chi connectivity index (χ3n) is 7.32. The quantitative estimate of drug-likeness (QED) is 0.376. The molecule has 39 heavy (non-hydrogen) atoms. The van der Waals surface area contributed by atoms with E-state index in [1.165, 1.54) is 0 Å². The highest BCUT2D eigenvalue weighted by atomic mass is 127. The number of nitrogens with zero attached hydrogens (tertiary/aromatic N) is 1. The van der Waals surface area contributed by atoms with Crippen molar-refractivity contribution in [3.63, 3.8) is 0 Å². The summed E-state index contributed by atoms with van der Waals surface area (Å²) in [6, 6.07) is 3.52. The maximum atomic E-state index is 13.8. The minimum Gasteiger partial charge on any atom is -0.490 e. The van der Waals surface area contributed by atoms with Gasteiger partial charge in [-0.05, 0) is 70.9 Å². The normalized spacial score (nSPS) is 20.5. The number of carboxylic acid groups (broad SMARTS) is 2. The number of aliphatic carboxylic acids is 2. The number of hydrogen-bond donors (Lipinski definition) is 2. The molecule has 0 spiro atoms. The van der Waals surface area contributed by atoms with Crippen LogP contribution in [0.15, 0.2) is 34.7 Å². The van der Waals surface area contributed by atoms with Gasteiger partial charge in [-0.1, -0.05) is 27.7 Å². The highest BCUT2D eigenvalue weighted by Gasteiger charge is 2.49. The van der Waals surface area contributed by atoms with E-state index < -0.39 is 24.5 Å². The Kier molecular flexibility index (Phi) is 7.90. The van der Waals surface area contributed by atoms with Crippen LogP contribution in [0, 0.1) is 14.4 Å². The third-order valence-corrected chi connectivity index (χ3v) is 8.12. The van der Waals surface area contributed by atoms with Crippen molar-refractivity contribution in [2.45, 2.75) is 66.2 Å². The SMILES string of the molecule is CCOc1cc(C2C3=C(CC(C)(C)CC3=O)N(CC(=O)O)C3=C2C(=O)CC(C)(C)C3)cc(I)c1OCC(=O)O. The summed E-state index contributed by atoms with van der Waals surface area (Å²) in [6.45, 7) is 9.18. The average molecular weight is 651 g/mol. The van der Waals surface area contributed by atoms with Crippen molar-refractivity contribution in [2.75, 3.05) is 19.8 Å². The molecule has 0 atom stereocenters. The Hall–Kier alpha value is -2.89. The van der Waals surface area contributed by atoms with Crippen LogP contribution in [0.2, 0.25) is 0 Å². The van der Waals surface area contributed by atoms with Gasteiger partial charge in [-0.3, -0.25) is 14.4 Å². The van der Waals surface area contributed by atoms with Gasteiger partial charge in [0.15, 0.2) is 29.7 Å². The molecule has 0 saturated carbocycles. The van der Waals surface area contributed by atoms with Crippen molar-refractivity contribution >= 4 is 46.1 Å². The molecule has 0 amide bonds. The number of hydrogen-bond acceptors (Lipinski definition) is 7. The fraction of sp³-hybridized carbons (Fsp3) is 0.517. The first-order chi connectivity index (χ1) is 18.1. The molecular weight excluding hydrogens is 617 g/mol. The molecule has 0 aromatic heterocycles. The predicted molar refractivity (Wildman–Crippen MR) is 151 cm³/mol. The number of halogens is 1. The van der Waals surface area contributed by atoms with Crippen molar-refractivity contribution in [3.05, 3.63) is 43.8 Å². The molecule has 0 radical (unpaired) electrons. The summed E-state index contributed by atoms with van der Waals surface area (Å²) in [5, 5.41) is 19.0. The van der Waals surface area contributed by atoms with Crippen LogP contribution in [0.1, 0.15) is 71.8 Å². The van der Waals surface area contributed by atoms with Gasteiger partial charge >= 0.3 is 11.9 Å². The van der Waals surface area contributed by atoms with Gasteiger partial charge in [-0.2, -0.15) is 0 Å². The molecule has 2 N–H and O–H groups in total. The summed E-state index contributed by atoms with van der Waals surface area (Å²) in [5.41, 5.74) is 2.15. The molecule has 4 rings (SSSR count). The van der Waals surface area contributed by atoms with E-state index in [9.17, 15) is 24.3 Å². The second kappa shape index (κ2) is 10.6. The van der Waals surface area contributed by atoms with Gasteiger partial charge in [-0.25, -0.2) is 4.79 Å². The Morgan fingerprint density at radius 2 is 1.46 bits per heavy atom. The lowest BCUT2D eigenvalue weighted by Crippen LogP contribution is -2.45. The highest BCUT2D eigenvalue weighted by molar-refractivity contribution is 14.1. The van der Waals surface area contributed by atoms with Crippen molar-refractivity contribution < 1.29 is 38.9 Å². The molecule has 9 nitrogen and oxygen atoms in total. The number of benzene rings is 1. The van der Waals surface area contributed by atoms with E-state index in [0.29, 0.717) is 56.9 Å². The van der Waals surface area contributed by atoms with E-state index >= 15 is 0 Å². The maximum absolute atomic E-state index is 13.8. The molecule has 2 aliphatic carbocycles. The minimum absolute atomic E-state index is 0.106. The smallest absolute Gasteiger partial charge is 0.341 e. The van der Waals surface area contributed by atoms with Gasteiger partial charge in [0.05, 0.1) is 10.2 Å². The van der Waals surface area contributed by atoms with Crippen molar-refractivity contribution in [2.24, 2.45) is 10.8 Å². The minimum atomic E-state index is -1.13. The molecule has 1 aromatic rings. The van der Waals surface area contributed by atoms with Crippen LogP contribution in [0.3, 0.4) is 0 Å². The predicted octanol–water partition coefficient (Wildman–Crippen LogP) is 4.92. The summed E-state index contributed by atoms with van der Waals surface area (Å²) in [5.74, 6) is -2.46. The topological polar surface area (TPSA) is 130 Å². The zero-order valence-corrected chi connectivity index (χ0v) is 25.0. The van der Waals surface area contributed by atoms with Gasteiger partial charge in [0.25, 0.3) is 0 Å². The number of carboxylic acids is 2. The Morgan fingerprint density at radius 3 is 1.92 bits per heavy atom. The van der Waals surface area contributed by atoms with Crippen LogP contribution in [0.5, 0.6) is 11.5 Å². The van der Waals surface area contributed by atoms with Crippen LogP contribution in [-0.4, -0.2) is 58.4 Å². The van der Waals surface area contributed by atoms with Crippen molar-refractivity contribution in [1.82, 2.24) is 4.90 Å². The van der Waals surface area contributed by atoms with E-state index in [1.807, 2.05) is 50.3 Å². The van der Waals surface area contributed by atoms with Crippen LogP contribution in [0.25, 0.3) is 0 Å². The van der Waals surface area contributed by atoms with Crippen LogP contribution < -0.4 is 9.47 Å². The molecule has 3 aliphatic rings. The molecule has 0 bridgehead atoms. The zero-order chi connectivity index (χ0) is 28.9. The largest absolute Gasteiger partial charge is 0.490 e. The lowest BCUT2D eigenvalue weighted by Gasteiger charge is -2.48. The summed E-state index contributed by atoms with van der Waals surface area (Å²) in [4.78, 5) is 52.5. The lowest BCUT2D eigenvalue weighted by molar-refractivity contribution is -0.139. The molecule has 1 aromatic carbocycles. The van der Waals surface area contributed by atoms with E-state index in [2.05, 4.69) is 0 Å². The summed E-state index contributed by atoms with van der Waals surface area (Å²) < 4.78 is 11.9. The second-order valence-corrected chi connectivity index (χ2v) is 13.1. The third kappa shape index (κ3) is 5.85. The molecule has 210 valence electrons. The summed E-state index contributed by atoms with van der Waals surface area (Å²) in [7, 11) is 0. The molecule has 0 unspecified atom stereocenters. The Bertz CT molecular complexity index is 1270. The molecule has 1 aliphatic heterocycles. The van der Waals surface area contributed by atoms with E-state index in [1.54, 1.807) is 24.0 Å². The zero-order valence-electron chi connectivity index (χ0n) is 22.9. The lowest BCUT2D eigenvalue weighted by atomic mass is 9.63. The number of Topliss-reactive ketones (excluding diaryl/α,β-unsaturated/α-hetero) is 2. The van der Waals surface area contributed by atoms with E-state index in [4.69, 9.17) is 14.6 Å². The van der Waals surface area contributed by atoms with Gasteiger partial charge in [0, 0.05) is 41.3 Å². The molecule has 0 saturated heterocycles. The van der Waals surface area contributed by atoms with E-state index in [-0.39, 0.29) is 47.5 Å². The Morgan fingerprint density at radius 1 is 0.923 bits per heavy atom. The van der Waals surface area contributed by atoms with Gasteiger partial charge in [0.1, 0.15) is 6.54 Å². The van der Waals surface area contributed by atoms with Crippen LogP contribution >= 0.6 is 22.6 Å². The first-order valence-electron chi connectivity index (χ1n) is 13.0. The van der Waals surface area contributed by atoms with Gasteiger partial charge < -0.3 is 24.6 Å². The highest BCUT2D eigenvalue weighted by Crippen LogP contribution is 2.55.